The van der Waals surface area contributed by atoms with Crippen LogP contribution in [0.1, 0.15) is 35.3 Å². The second-order valence-corrected chi connectivity index (χ2v) is 7.27. The predicted molar refractivity (Wildman–Crippen MR) is 116 cm³/mol. The molecule has 1 atom stereocenters. The Morgan fingerprint density at radius 1 is 1.13 bits per heavy atom. The van der Waals surface area contributed by atoms with Gasteiger partial charge < -0.3 is 24.1 Å². The van der Waals surface area contributed by atoms with Crippen molar-refractivity contribution in [2.75, 3.05) is 20.8 Å². The van der Waals surface area contributed by atoms with E-state index in [1.165, 1.54) is 33.3 Å². The van der Waals surface area contributed by atoms with Crippen molar-refractivity contribution in [2.45, 2.75) is 19.4 Å². The largest absolute Gasteiger partial charge is 0.504 e. The van der Waals surface area contributed by atoms with Crippen molar-refractivity contribution in [3.8, 4) is 23.0 Å². The molecule has 0 amide bonds. The molecule has 0 saturated carbocycles. The van der Waals surface area contributed by atoms with Gasteiger partial charge in [0.25, 0.3) is 0 Å². The SMILES string of the molecule is COc1cc(C=CC(=O)OC[C@@]2(C)C=Cc3cc(C(C)=O)cc(OC)c3O2)ccc1O. The molecule has 162 valence electrons. The number of ketones is 1. The first-order valence-corrected chi connectivity index (χ1v) is 9.58. The maximum absolute atomic E-state index is 12.2. The highest BCUT2D eigenvalue weighted by Crippen LogP contribution is 2.40. The second kappa shape index (κ2) is 8.95. The van der Waals surface area contributed by atoms with E-state index < -0.39 is 11.6 Å². The molecule has 1 heterocycles. The summed E-state index contributed by atoms with van der Waals surface area (Å²) in [4.78, 5) is 23.9. The van der Waals surface area contributed by atoms with Crippen molar-refractivity contribution in [2.24, 2.45) is 0 Å². The van der Waals surface area contributed by atoms with Gasteiger partial charge in [0.2, 0.25) is 0 Å². The minimum atomic E-state index is -0.900. The minimum absolute atomic E-state index is 0.0162. The summed E-state index contributed by atoms with van der Waals surface area (Å²) in [5.41, 5.74) is 1.01. The zero-order valence-electron chi connectivity index (χ0n) is 17.8. The Balaban J connectivity index is 1.68. The molecule has 7 nitrogen and oxygen atoms in total. The van der Waals surface area contributed by atoms with Gasteiger partial charge >= 0.3 is 5.97 Å². The summed E-state index contributed by atoms with van der Waals surface area (Å²) in [6, 6.07) is 8.09. The van der Waals surface area contributed by atoms with Crippen LogP contribution in [-0.2, 0) is 9.53 Å². The van der Waals surface area contributed by atoms with E-state index in [9.17, 15) is 14.7 Å². The number of carbonyl (C=O) groups is 2. The van der Waals surface area contributed by atoms with Crippen LogP contribution >= 0.6 is 0 Å². The zero-order chi connectivity index (χ0) is 22.6. The van der Waals surface area contributed by atoms with Crippen molar-refractivity contribution in [1.29, 1.82) is 0 Å². The van der Waals surface area contributed by atoms with E-state index >= 15 is 0 Å². The molecular formula is C24H24O7. The number of Topliss-reactive ketones (excluding diaryl/α,β-unsaturated/α-hetero) is 1. The number of fused-ring (bicyclic) bond motifs is 1. The topological polar surface area (TPSA) is 91.3 Å². The molecule has 1 N–H and O–H groups in total. The van der Waals surface area contributed by atoms with Crippen molar-refractivity contribution < 1.29 is 33.6 Å². The molecule has 2 aromatic carbocycles. The Kier molecular flexibility index (Phi) is 6.34. The number of hydrogen-bond acceptors (Lipinski definition) is 7. The lowest BCUT2D eigenvalue weighted by Crippen LogP contribution is -2.38. The molecule has 2 aromatic rings. The van der Waals surface area contributed by atoms with Crippen LogP contribution in [0.4, 0.5) is 0 Å². The maximum Gasteiger partial charge on any atom is 0.330 e. The number of esters is 1. The van der Waals surface area contributed by atoms with Gasteiger partial charge in [-0.2, -0.15) is 0 Å². The summed E-state index contributed by atoms with van der Waals surface area (Å²) in [5, 5.41) is 9.63. The van der Waals surface area contributed by atoms with Crippen LogP contribution in [0.2, 0.25) is 0 Å². The third-order valence-corrected chi connectivity index (χ3v) is 4.78. The monoisotopic (exact) mass is 424 g/mol. The fraction of sp³-hybridized carbons (Fsp3) is 0.250. The molecule has 1 aliphatic rings. The molecule has 0 spiro atoms. The first-order chi connectivity index (χ1) is 14.7. The van der Waals surface area contributed by atoms with Crippen molar-refractivity contribution in [3.63, 3.8) is 0 Å². The number of methoxy groups -OCH3 is 2. The summed E-state index contributed by atoms with van der Waals surface area (Å²) in [6.45, 7) is 3.25. The van der Waals surface area contributed by atoms with Crippen LogP contribution in [0.5, 0.6) is 23.0 Å². The number of aromatic hydroxyl groups is 1. The van der Waals surface area contributed by atoms with Crippen LogP contribution in [-0.4, -0.2) is 43.3 Å². The summed E-state index contributed by atoms with van der Waals surface area (Å²) in [6.07, 6.45) is 6.45. The molecule has 0 aromatic heterocycles. The van der Waals surface area contributed by atoms with Crippen LogP contribution < -0.4 is 14.2 Å². The Labute approximate surface area is 180 Å². The van der Waals surface area contributed by atoms with Gasteiger partial charge in [-0.15, -0.1) is 0 Å². The smallest absolute Gasteiger partial charge is 0.330 e. The average molecular weight is 424 g/mol. The molecule has 31 heavy (non-hydrogen) atoms. The molecule has 7 heteroatoms. The number of hydrogen-bond donors (Lipinski definition) is 1. The van der Waals surface area contributed by atoms with Crippen LogP contribution in [0, 0.1) is 0 Å². The molecule has 0 fully saturated rings. The molecule has 0 unspecified atom stereocenters. The average Bonchev–Trinajstić information content (AvgIpc) is 2.76. The maximum atomic E-state index is 12.2. The van der Waals surface area contributed by atoms with Gasteiger partial charge in [0.15, 0.2) is 34.4 Å². The normalized spacial score (nSPS) is 17.0. The van der Waals surface area contributed by atoms with Gasteiger partial charge in [-0.25, -0.2) is 4.79 Å². The predicted octanol–water partition coefficient (Wildman–Crippen LogP) is 4.03. The summed E-state index contributed by atoms with van der Waals surface area (Å²) >= 11 is 0. The van der Waals surface area contributed by atoms with E-state index in [1.807, 2.05) is 6.08 Å². The van der Waals surface area contributed by atoms with Gasteiger partial charge in [0, 0.05) is 17.2 Å². The van der Waals surface area contributed by atoms with Crippen molar-refractivity contribution in [3.05, 3.63) is 59.2 Å². The third-order valence-electron chi connectivity index (χ3n) is 4.78. The number of phenolic OH excluding ortho intramolecular Hbond substituents is 1. The fourth-order valence-corrected chi connectivity index (χ4v) is 3.05. The molecule has 0 radical (unpaired) electrons. The highest BCUT2D eigenvalue weighted by molar-refractivity contribution is 5.96. The van der Waals surface area contributed by atoms with Crippen LogP contribution in [0.3, 0.4) is 0 Å². The lowest BCUT2D eigenvalue weighted by molar-refractivity contribution is -0.141. The van der Waals surface area contributed by atoms with Crippen molar-refractivity contribution >= 4 is 23.9 Å². The summed E-state index contributed by atoms with van der Waals surface area (Å²) < 4.78 is 21.9. The number of carbonyl (C=O) groups excluding carboxylic acids is 2. The minimum Gasteiger partial charge on any atom is -0.504 e. The Hall–Kier alpha value is -3.74. The molecule has 0 aliphatic carbocycles. The number of phenols is 1. The van der Waals surface area contributed by atoms with Gasteiger partial charge in [0.1, 0.15) is 6.61 Å². The lowest BCUT2D eigenvalue weighted by atomic mass is 9.98. The lowest BCUT2D eigenvalue weighted by Gasteiger charge is -2.32. The van der Waals surface area contributed by atoms with Crippen LogP contribution in [0.15, 0.2) is 42.5 Å². The van der Waals surface area contributed by atoms with Gasteiger partial charge in [-0.05, 0) is 55.8 Å². The second-order valence-electron chi connectivity index (χ2n) is 7.27. The van der Waals surface area contributed by atoms with Crippen LogP contribution in [0.25, 0.3) is 12.2 Å². The number of benzene rings is 2. The fourth-order valence-electron chi connectivity index (χ4n) is 3.05. The molecular weight excluding hydrogens is 400 g/mol. The Bertz CT molecular complexity index is 1070. The van der Waals surface area contributed by atoms with Gasteiger partial charge in [-0.1, -0.05) is 12.1 Å². The zero-order valence-corrected chi connectivity index (χ0v) is 17.8. The summed E-state index contributed by atoms with van der Waals surface area (Å²) in [7, 11) is 2.95. The molecule has 3 rings (SSSR count). The molecule has 0 bridgehead atoms. The highest BCUT2D eigenvalue weighted by atomic mass is 16.6. The number of rotatable bonds is 7. The summed E-state index contributed by atoms with van der Waals surface area (Å²) in [5.74, 6) is 0.627. The standard InChI is InChI=1S/C24H24O7/c1-15(25)18-12-17-9-10-24(2,31-23(17)21(13-18)29-4)14-30-22(27)8-6-16-5-7-19(26)20(11-16)28-3/h5-13,26H,14H2,1-4H3/t24-/m1/s1. The van der Waals surface area contributed by atoms with E-state index in [2.05, 4.69) is 0 Å². The quantitative estimate of drug-likeness (QED) is 0.408. The highest BCUT2D eigenvalue weighted by Gasteiger charge is 2.31. The van der Waals surface area contributed by atoms with E-state index in [-0.39, 0.29) is 18.1 Å². The molecule has 1 aliphatic heterocycles. The van der Waals surface area contributed by atoms with E-state index in [1.54, 1.807) is 43.3 Å². The third kappa shape index (κ3) is 5.06. The first-order valence-electron chi connectivity index (χ1n) is 9.58. The van der Waals surface area contributed by atoms with Gasteiger partial charge in [0.05, 0.1) is 14.2 Å². The number of ether oxygens (including phenoxy) is 4. The first kappa shape index (κ1) is 22.0. The van der Waals surface area contributed by atoms with Crippen molar-refractivity contribution in [1.82, 2.24) is 0 Å². The Morgan fingerprint density at radius 3 is 2.55 bits per heavy atom. The van der Waals surface area contributed by atoms with E-state index in [4.69, 9.17) is 18.9 Å². The Morgan fingerprint density at radius 2 is 1.87 bits per heavy atom. The van der Waals surface area contributed by atoms with E-state index in [0.717, 1.165) is 5.56 Å². The van der Waals surface area contributed by atoms with Gasteiger partial charge in [-0.3, -0.25) is 4.79 Å². The van der Waals surface area contributed by atoms with E-state index in [0.29, 0.717) is 28.4 Å². The molecule has 0 saturated heterocycles.